The first-order valence-electron chi connectivity index (χ1n) is 12.0. The van der Waals surface area contributed by atoms with Crippen LogP contribution in [0, 0.1) is 12.7 Å². The number of hydrogen-bond donors (Lipinski definition) is 0. The molecule has 0 radical (unpaired) electrons. The van der Waals surface area contributed by atoms with Gasteiger partial charge in [-0.3, -0.25) is 0 Å². The van der Waals surface area contributed by atoms with Crippen molar-refractivity contribution in [3.8, 4) is 28.1 Å². The summed E-state index contributed by atoms with van der Waals surface area (Å²) in [6, 6.07) is 20.5. The summed E-state index contributed by atoms with van der Waals surface area (Å²) >= 11 is 0. The van der Waals surface area contributed by atoms with E-state index in [4.69, 9.17) is 4.74 Å². The summed E-state index contributed by atoms with van der Waals surface area (Å²) in [6.45, 7) is 2.33. The standard InChI is InChI=1S/C30H28FNO5S/c1-20-16-25(37-14-5-15-38(3,34)35)10-11-26(20)21-6-4-7-23(17-21)28-12-8-24-18-22(9-13-30(33)36-2)27(31)19-29(24)32-28/h4,6-13,16-19H,5,14-15H2,1-3H3/b13-9+. The molecule has 0 aliphatic heterocycles. The normalized spacial score (nSPS) is 11.7. The van der Waals surface area contributed by atoms with Gasteiger partial charge in [-0.25, -0.2) is 22.6 Å². The number of sulfone groups is 1. The summed E-state index contributed by atoms with van der Waals surface area (Å²) in [4.78, 5) is 16.0. The Morgan fingerprint density at radius 2 is 1.82 bits per heavy atom. The molecule has 1 heterocycles. The van der Waals surface area contributed by atoms with Crippen LogP contribution in [0.3, 0.4) is 0 Å². The highest BCUT2D eigenvalue weighted by molar-refractivity contribution is 7.90. The van der Waals surface area contributed by atoms with E-state index in [1.807, 2.05) is 61.5 Å². The van der Waals surface area contributed by atoms with Gasteiger partial charge in [-0.2, -0.15) is 0 Å². The lowest BCUT2D eigenvalue weighted by atomic mass is 9.97. The maximum absolute atomic E-state index is 14.6. The number of fused-ring (bicyclic) bond motifs is 1. The third-order valence-electron chi connectivity index (χ3n) is 6.00. The minimum Gasteiger partial charge on any atom is -0.494 e. The van der Waals surface area contributed by atoms with Crippen molar-refractivity contribution in [2.24, 2.45) is 0 Å². The Labute approximate surface area is 221 Å². The number of ether oxygens (including phenoxy) is 2. The Kier molecular flexibility index (Phi) is 8.22. The molecule has 0 amide bonds. The second-order valence-electron chi connectivity index (χ2n) is 9.01. The molecule has 0 bridgehead atoms. The number of aryl methyl sites for hydroxylation is 1. The topological polar surface area (TPSA) is 82.6 Å². The van der Waals surface area contributed by atoms with Gasteiger partial charge in [-0.15, -0.1) is 0 Å². The SMILES string of the molecule is COC(=O)/C=C/c1cc2ccc(-c3cccc(-c4ccc(OCCCS(C)(=O)=O)cc4C)c3)nc2cc1F. The number of methoxy groups -OCH3 is 1. The third kappa shape index (κ3) is 6.83. The van der Waals surface area contributed by atoms with Crippen LogP contribution >= 0.6 is 0 Å². The molecule has 6 nitrogen and oxygen atoms in total. The fourth-order valence-corrected chi connectivity index (χ4v) is 4.73. The number of hydrogen-bond acceptors (Lipinski definition) is 6. The van der Waals surface area contributed by atoms with Gasteiger partial charge >= 0.3 is 5.97 Å². The van der Waals surface area contributed by atoms with Crippen LogP contribution in [0.2, 0.25) is 0 Å². The lowest BCUT2D eigenvalue weighted by Crippen LogP contribution is -2.08. The van der Waals surface area contributed by atoms with E-state index in [1.165, 1.54) is 31.6 Å². The van der Waals surface area contributed by atoms with Gasteiger partial charge in [0, 0.05) is 34.9 Å². The van der Waals surface area contributed by atoms with Gasteiger partial charge in [0.1, 0.15) is 21.4 Å². The van der Waals surface area contributed by atoms with Crippen molar-refractivity contribution in [1.29, 1.82) is 0 Å². The summed E-state index contributed by atoms with van der Waals surface area (Å²) in [5.41, 5.74) is 5.43. The molecule has 1 aromatic heterocycles. The minimum absolute atomic E-state index is 0.0971. The molecule has 196 valence electrons. The van der Waals surface area contributed by atoms with Crippen LogP contribution in [-0.2, 0) is 19.4 Å². The largest absolute Gasteiger partial charge is 0.494 e. The summed E-state index contributed by atoms with van der Waals surface area (Å²) in [6.07, 6.45) is 4.22. The second kappa shape index (κ2) is 11.6. The van der Waals surface area contributed by atoms with Crippen LogP contribution in [0.4, 0.5) is 4.39 Å². The Morgan fingerprint density at radius 3 is 2.55 bits per heavy atom. The lowest BCUT2D eigenvalue weighted by Gasteiger charge is -2.12. The molecule has 0 unspecified atom stereocenters. The molecule has 0 saturated heterocycles. The van der Waals surface area contributed by atoms with Gasteiger partial charge in [0.05, 0.1) is 30.7 Å². The lowest BCUT2D eigenvalue weighted by molar-refractivity contribution is -0.134. The van der Waals surface area contributed by atoms with Gasteiger partial charge in [-0.1, -0.05) is 30.3 Å². The molecular formula is C30H28FNO5S. The van der Waals surface area contributed by atoms with Crippen molar-refractivity contribution in [3.05, 3.63) is 89.8 Å². The van der Waals surface area contributed by atoms with Crippen molar-refractivity contribution >= 4 is 32.8 Å². The van der Waals surface area contributed by atoms with Crippen molar-refractivity contribution in [2.45, 2.75) is 13.3 Å². The van der Waals surface area contributed by atoms with Crippen LogP contribution in [-0.4, -0.2) is 45.1 Å². The predicted octanol–water partition coefficient (Wildman–Crippen LogP) is 6.02. The molecule has 0 spiro atoms. The fourth-order valence-electron chi connectivity index (χ4n) is 4.08. The zero-order valence-corrected chi connectivity index (χ0v) is 22.2. The highest BCUT2D eigenvalue weighted by Crippen LogP contribution is 2.31. The number of halogens is 1. The predicted molar refractivity (Wildman–Crippen MR) is 148 cm³/mol. The number of pyridine rings is 1. The zero-order chi connectivity index (χ0) is 27.3. The number of carbonyl (C=O) groups is 1. The van der Waals surface area contributed by atoms with Crippen LogP contribution in [0.15, 0.2) is 72.8 Å². The molecule has 4 aromatic rings. The number of aromatic nitrogens is 1. The maximum Gasteiger partial charge on any atom is 0.330 e. The number of rotatable bonds is 9. The van der Waals surface area contributed by atoms with E-state index in [0.717, 1.165) is 27.6 Å². The first-order valence-corrected chi connectivity index (χ1v) is 14.1. The maximum atomic E-state index is 14.6. The quantitative estimate of drug-likeness (QED) is 0.149. The Hall–Kier alpha value is -4.04. The molecule has 0 atom stereocenters. The molecule has 0 fully saturated rings. The number of nitrogens with zero attached hydrogens (tertiary/aromatic N) is 1. The molecular weight excluding hydrogens is 505 g/mol. The average molecular weight is 534 g/mol. The van der Waals surface area contributed by atoms with Crippen LogP contribution in [0.5, 0.6) is 5.75 Å². The summed E-state index contributed by atoms with van der Waals surface area (Å²) in [5, 5.41) is 0.749. The summed E-state index contributed by atoms with van der Waals surface area (Å²) in [5.74, 6) is -0.250. The van der Waals surface area contributed by atoms with Crippen LogP contribution in [0.25, 0.3) is 39.4 Å². The average Bonchev–Trinajstić information content (AvgIpc) is 2.89. The molecule has 0 aliphatic carbocycles. The van der Waals surface area contributed by atoms with E-state index in [0.29, 0.717) is 30.0 Å². The van der Waals surface area contributed by atoms with E-state index in [2.05, 4.69) is 9.72 Å². The van der Waals surface area contributed by atoms with Gasteiger partial charge < -0.3 is 9.47 Å². The van der Waals surface area contributed by atoms with Gasteiger partial charge in [0.25, 0.3) is 0 Å². The first kappa shape index (κ1) is 27.0. The highest BCUT2D eigenvalue weighted by atomic mass is 32.2. The third-order valence-corrected chi connectivity index (χ3v) is 7.03. The van der Waals surface area contributed by atoms with E-state index < -0.39 is 21.6 Å². The second-order valence-corrected chi connectivity index (χ2v) is 11.3. The smallest absolute Gasteiger partial charge is 0.330 e. The van der Waals surface area contributed by atoms with Crippen molar-refractivity contribution < 1.29 is 27.1 Å². The number of benzene rings is 3. The Morgan fingerprint density at radius 1 is 1.03 bits per heavy atom. The van der Waals surface area contributed by atoms with Crippen molar-refractivity contribution in [3.63, 3.8) is 0 Å². The van der Waals surface area contributed by atoms with Crippen LogP contribution < -0.4 is 4.74 Å². The number of carbonyl (C=O) groups excluding carboxylic acids is 1. The Balaban J connectivity index is 1.55. The summed E-state index contributed by atoms with van der Waals surface area (Å²) in [7, 11) is -1.74. The molecule has 38 heavy (non-hydrogen) atoms. The Bertz CT molecular complexity index is 1630. The minimum atomic E-state index is -3.00. The fraction of sp³-hybridized carbons (Fsp3) is 0.200. The van der Waals surface area contributed by atoms with Crippen molar-refractivity contribution in [2.75, 3.05) is 25.7 Å². The van der Waals surface area contributed by atoms with E-state index >= 15 is 0 Å². The molecule has 0 aliphatic rings. The van der Waals surface area contributed by atoms with E-state index in [-0.39, 0.29) is 11.3 Å². The molecule has 0 N–H and O–H groups in total. The van der Waals surface area contributed by atoms with Gasteiger partial charge in [0.15, 0.2) is 0 Å². The molecule has 3 aromatic carbocycles. The highest BCUT2D eigenvalue weighted by Gasteiger charge is 2.10. The van der Waals surface area contributed by atoms with Crippen LogP contribution in [0.1, 0.15) is 17.5 Å². The van der Waals surface area contributed by atoms with Crippen molar-refractivity contribution in [1.82, 2.24) is 4.98 Å². The molecule has 8 heteroatoms. The van der Waals surface area contributed by atoms with E-state index in [9.17, 15) is 17.6 Å². The van der Waals surface area contributed by atoms with E-state index in [1.54, 1.807) is 6.07 Å². The first-order chi connectivity index (χ1) is 18.1. The summed E-state index contributed by atoms with van der Waals surface area (Å²) < 4.78 is 47.5. The molecule has 0 saturated carbocycles. The van der Waals surface area contributed by atoms with Gasteiger partial charge in [0.2, 0.25) is 0 Å². The monoisotopic (exact) mass is 533 g/mol. The number of esters is 1. The zero-order valence-electron chi connectivity index (χ0n) is 21.4. The van der Waals surface area contributed by atoms with Gasteiger partial charge in [-0.05, 0) is 66.4 Å². The molecule has 4 rings (SSSR count).